The first kappa shape index (κ1) is 15.6. The molecule has 1 unspecified atom stereocenters. The Kier molecular flexibility index (Phi) is 4.39. The molecule has 0 fully saturated rings. The molecule has 0 aliphatic rings. The van der Waals surface area contributed by atoms with Crippen LogP contribution in [0.2, 0.25) is 0 Å². The van der Waals surface area contributed by atoms with E-state index in [0.717, 1.165) is 10.2 Å². The lowest BCUT2D eigenvalue weighted by molar-refractivity contribution is 0.729. The van der Waals surface area contributed by atoms with E-state index in [4.69, 9.17) is 5.73 Å². The largest absolute Gasteiger partial charge is 0.353 e. The second kappa shape index (κ2) is 6.47. The molecule has 2 heterocycles. The summed E-state index contributed by atoms with van der Waals surface area (Å²) < 4.78 is 2.62. The van der Waals surface area contributed by atoms with E-state index in [0.29, 0.717) is 29.5 Å². The van der Waals surface area contributed by atoms with E-state index in [-0.39, 0.29) is 6.04 Å². The van der Waals surface area contributed by atoms with Crippen LogP contribution in [0.3, 0.4) is 0 Å². The topological polar surface area (TPSA) is 107 Å². The lowest BCUT2D eigenvalue weighted by Crippen LogP contribution is -2.26. The fourth-order valence-corrected chi connectivity index (χ4v) is 2.27. The normalized spacial score (nSPS) is 12.3. The number of anilines is 3. The van der Waals surface area contributed by atoms with Crippen LogP contribution < -0.4 is 16.4 Å². The van der Waals surface area contributed by atoms with E-state index in [1.165, 1.54) is 0 Å². The molecule has 0 saturated heterocycles. The smallest absolute Gasteiger partial charge is 0.226 e. The number of benzene rings is 1. The standard InChI is InChI=1S/C14H17BrN8/c1-8(16)7-17-14-19-12(11-13(20-14)23(2)22-21-11)18-10-5-3-9(15)4-6-10/h3-6,8H,7,16H2,1-2H3,(H2,17,18,19,20). The average Bonchev–Trinajstić information content (AvgIpc) is 2.89. The van der Waals surface area contributed by atoms with Crippen LogP contribution in [0.15, 0.2) is 28.7 Å². The van der Waals surface area contributed by atoms with Gasteiger partial charge in [0.25, 0.3) is 0 Å². The Bertz CT molecular complexity index is 812. The van der Waals surface area contributed by atoms with Crippen molar-refractivity contribution >= 4 is 44.5 Å². The molecule has 23 heavy (non-hydrogen) atoms. The molecule has 1 aromatic carbocycles. The van der Waals surface area contributed by atoms with Gasteiger partial charge in [-0.1, -0.05) is 21.1 Å². The Balaban J connectivity index is 1.98. The van der Waals surface area contributed by atoms with Crippen LogP contribution in [0.4, 0.5) is 17.5 Å². The Morgan fingerprint density at radius 1 is 1.26 bits per heavy atom. The molecule has 1 atom stereocenters. The first-order valence-electron chi connectivity index (χ1n) is 7.12. The molecular weight excluding hydrogens is 360 g/mol. The highest BCUT2D eigenvalue weighted by atomic mass is 79.9. The fraction of sp³-hybridized carbons (Fsp3) is 0.286. The maximum Gasteiger partial charge on any atom is 0.226 e. The van der Waals surface area contributed by atoms with Crippen molar-refractivity contribution in [1.82, 2.24) is 25.0 Å². The van der Waals surface area contributed by atoms with E-state index in [9.17, 15) is 0 Å². The van der Waals surface area contributed by atoms with Gasteiger partial charge in [-0.05, 0) is 31.2 Å². The van der Waals surface area contributed by atoms with E-state index in [1.807, 2.05) is 31.2 Å². The molecule has 3 rings (SSSR count). The number of nitrogens with two attached hydrogens (primary N) is 1. The molecule has 8 nitrogen and oxygen atoms in total. The van der Waals surface area contributed by atoms with Crippen LogP contribution in [0.1, 0.15) is 6.92 Å². The molecule has 0 saturated carbocycles. The van der Waals surface area contributed by atoms with Crippen molar-refractivity contribution in [2.45, 2.75) is 13.0 Å². The van der Waals surface area contributed by atoms with Crippen LogP contribution in [0.5, 0.6) is 0 Å². The van der Waals surface area contributed by atoms with E-state index in [1.54, 1.807) is 11.7 Å². The minimum atomic E-state index is 0.00171. The number of nitrogens with one attached hydrogen (secondary N) is 2. The summed E-state index contributed by atoms with van der Waals surface area (Å²) >= 11 is 3.42. The lowest BCUT2D eigenvalue weighted by Gasteiger charge is -2.11. The second-order valence-electron chi connectivity index (χ2n) is 5.27. The maximum atomic E-state index is 5.77. The SMILES string of the molecule is CC(N)CNc1nc(Nc2ccc(Br)cc2)c2nnn(C)c2n1. The minimum Gasteiger partial charge on any atom is -0.353 e. The van der Waals surface area contributed by atoms with Gasteiger partial charge in [0, 0.05) is 29.8 Å². The van der Waals surface area contributed by atoms with Crippen molar-refractivity contribution in [2.75, 3.05) is 17.2 Å². The van der Waals surface area contributed by atoms with Crippen molar-refractivity contribution in [3.8, 4) is 0 Å². The first-order chi connectivity index (χ1) is 11.0. The van der Waals surface area contributed by atoms with Gasteiger partial charge in [-0.25, -0.2) is 4.68 Å². The number of aromatic nitrogens is 5. The molecule has 0 bridgehead atoms. The van der Waals surface area contributed by atoms with Gasteiger partial charge in [0.15, 0.2) is 17.0 Å². The van der Waals surface area contributed by atoms with Gasteiger partial charge >= 0.3 is 0 Å². The van der Waals surface area contributed by atoms with Gasteiger partial charge in [-0.15, -0.1) is 5.10 Å². The molecule has 0 aliphatic carbocycles. The molecule has 0 amide bonds. The number of aryl methyl sites for hydroxylation is 1. The highest BCUT2D eigenvalue weighted by molar-refractivity contribution is 9.10. The zero-order valence-corrected chi connectivity index (χ0v) is 14.4. The van der Waals surface area contributed by atoms with Gasteiger partial charge in [-0.3, -0.25) is 0 Å². The monoisotopic (exact) mass is 376 g/mol. The van der Waals surface area contributed by atoms with Crippen LogP contribution in [0, 0.1) is 0 Å². The average molecular weight is 377 g/mol. The van der Waals surface area contributed by atoms with Gasteiger partial charge < -0.3 is 16.4 Å². The van der Waals surface area contributed by atoms with Crippen LogP contribution in [-0.2, 0) is 7.05 Å². The van der Waals surface area contributed by atoms with Gasteiger partial charge in [0.05, 0.1) is 0 Å². The summed E-state index contributed by atoms with van der Waals surface area (Å²) in [4.78, 5) is 8.92. The molecule has 4 N–H and O–H groups in total. The van der Waals surface area contributed by atoms with Crippen molar-refractivity contribution < 1.29 is 0 Å². The molecule has 2 aromatic heterocycles. The third-order valence-corrected chi connectivity index (χ3v) is 3.67. The van der Waals surface area contributed by atoms with Crippen molar-refractivity contribution in [2.24, 2.45) is 12.8 Å². The summed E-state index contributed by atoms with van der Waals surface area (Å²) in [6, 6.07) is 7.80. The number of nitrogens with zero attached hydrogens (tertiary/aromatic N) is 5. The second-order valence-corrected chi connectivity index (χ2v) is 6.19. The van der Waals surface area contributed by atoms with Gasteiger partial charge in [0.1, 0.15) is 0 Å². The van der Waals surface area contributed by atoms with E-state index in [2.05, 4.69) is 46.8 Å². The van der Waals surface area contributed by atoms with Crippen LogP contribution >= 0.6 is 15.9 Å². The number of hydrogen-bond acceptors (Lipinski definition) is 7. The lowest BCUT2D eigenvalue weighted by atomic mass is 10.3. The number of rotatable bonds is 5. The first-order valence-corrected chi connectivity index (χ1v) is 7.91. The quantitative estimate of drug-likeness (QED) is 0.625. The third-order valence-electron chi connectivity index (χ3n) is 3.14. The summed E-state index contributed by atoms with van der Waals surface area (Å²) in [7, 11) is 1.79. The zero-order chi connectivity index (χ0) is 16.4. The Morgan fingerprint density at radius 2 is 2.00 bits per heavy atom. The summed E-state index contributed by atoms with van der Waals surface area (Å²) in [5.41, 5.74) is 7.93. The number of hydrogen-bond donors (Lipinski definition) is 3. The third kappa shape index (κ3) is 3.57. The zero-order valence-electron chi connectivity index (χ0n) is 12.8. The minimum absolute atomic E-state index is 0.00171. The number of halogens is 1. The highest BCUT2D eigenvalue weighted by Gasteiger charge is 2.13. The predicted molar refractivity (Wildman–Crippen MR) is 93.7 cm³/mol. The number of fused-ring (bicyclic) bond motifs is 1. The van der Waals surface area contributed by atoms with E-state index >= 15 is 0 Å². The summed E-state index contributed by atoms with van der Waals surface area (Å²) in [6.45, 7) is 2.49. The van der Waals surface area contributed by atoms with Gasteiger partial charge in [0.2, 0.25) is 5.95 Å². The molecule has 0 spiro atoms. The van der Waals surface area contributed by atoms with Crippen LogP contribution in [-0.4, -0.2) is 37.5 Å². The highest BCUT2D eigenvalue weighted by Crippen LogP contribution is 2.24. The Morgan fingerprint density at radius 3 is 2.70 bits per heavy atom. The molecule has 0 aliphatic heterocycles. The molecule has 120 valence electrons. The van der Waals surface area contributed by atoms with E-state index < -0.39 is 0 Å². The fourth-order valence-electron chi connectivity index (χ4n) is 2.00. The molecule has 0 radical (unpaired) electrons. The predicted octanol–water partition coefficient (Wildman–Crippen LogP) is 2.02. The summed E-state index contributed by atoms with van der Waals surface area (Å²) in [6.07, 6.45) is 0. The molecule has 9 heteroatoms. The Hall–Kier alpha value is -2.26. The molecule has 3 aromatic rings. The Labute approximate surface area is 141 Å². The molecular formula is C14H17BrN8. The van der Waals surface area contributed by atoms with Crippen molar-refractivity contribution in [3.05, 3.63) is 28.7 Å². The van der Waals surface area contributed by atoms with Crippen molar-refractivity contribution in [3.63, 3.8) is 0 Å². The van der Waals surface area contributed by atoms with Crippen LogP contribution in [0.25, 0.3) is 11.2 Å². The van der Waals surface area contributed by atoms with Gasteiger partial charge in [-0.2, -0.15) is 9.97 Å². The summed E-state index contributed by atoms with van der Waals surface area (Å²) in [5.74, 6) is 1.08. The maximum absolute atomic E-state index is 5.77. The summed E-state index contributed by atoms with van der Waals surface area (Å²) in [5, 5.41) is 14.5. The van der Waals surface area contributed by atoms with Crippen molar-refractivity contribution in [1.29, 1.82) is 0 Å².